The molecule has 0 bridgehead atoms. The molecule has 1 fully saturated rings. The lowest BCUT2D eigenvalue weighted by Crippen LogP contribution is -2.39. The number of nitrogens with two attached hydrogens (primary N) is 1. The van der Waals surface area contributed by atoms with Crippen molar-refractivity contribution in [2.45, 2.75) is 38.0 Å². The van der Waals surface area contributed by atoms with Gasteiger partial charge in [-0.3, -0.25) is 11.3 Å². The maximum absolute atomic E-state index is 8.65. The molecule has 0 spiro atoms. The molecule has 1 atom stereocenters. The minimum absolute atomic E-state index is 0.355. The molecular weight excluding hydrogens is 138 g/mol. The number of nitrogens with one attached hydrogen (secondary N) is 1. The van der Waals surface area contributed by atoms with Crippen LogP contribution >= 0.6 is 0 Å². The van der Waals surface area contributed by atoms with Gasteiger partial charge in [0.1, 0.15) is 0 Å². The van der Waals surface area contributed by atoms with Gasteiger partial charge in [-0.05, 0) is 18.7 Å². The molecule has 0 aromatic carbocycles. The van der Waals surface area contributed by atoms with Gasteiger partial charge in [0.2, 0.25) is 0 Å². The van der Waals surface area contributed by atoms with Crippen LogP contribution in [-0.4, -0.2) is 6.04 Å². The van der Waals surface area contributed by atoms with Crippen LogP contribution in [-0.2, 0) is 0 Å². The summed E-state index contributed by atoms with van der Waals surface area (Å²) in [6, 6.07) is 0.513. The standard InChI is InChI=1S/C8H15N3/c9-6-5-8(11-10)7-3-1-2-4-7/h7-8,11H,1-5,10H2/t8-/m1/s1/i1D2,2D2,3D2,4D2. The van der Waals surface area contributed by atoms with Gasteiger partial charge in [-0.1, -0.05) is 12.7 Å². The molecule has 0 amide bonds. The molecule has 3 N–H and O–H groups in total. The molecule has 1 aliphatic carbocycles. The summed E-state index contributed by atoms with van der Waals surface area (Å²) in [6.45, 7) is 0. The van der Waals surface area contributed by atoms with Crippen LogP contribution in [0.15, 0.2) is 0 Å². The first kappa shape index (κ1) is 2.72. The maximum Gasteiger partial charge on any atom is 0.0638 e. The van der Waals surface area contributed by atoms with E-state index in [2.05, 4.69) is 5.43 Å². The van der Waals surface area contributed by atoms with Crippen LogP contribution in [0.4, 0.5) is 0 Å². The Morgan fingerprint density at radius 2 is 2.36 bits per heavy atom. The smallest absolute Gasteiger partial charge is 0.0638 e. The lowest BCUT2D eigenvalue weighted by molar-refractivity contribution is 0.368. The molecule has 1 rings (SSSR count). The Bertz CT molecular complexity index is 375. The monoisotopic (exact) mass is 161 g/mol. The highest BCUT2D eigenvalue weighted by Gasteiger charge is 2.23. The van der Waals surface area contributed by atoms with Gasteiger partial charge in [-0.25, -0.2) is 0 Å². The van der Waals surface area contributed by atoms with E-state index in [-0.39, 0.29) is 6.42 Å². The molecule has 0 unspecified atom stereocenters. The van der Waals surface area contributed by atoms with Crippen molar-refractivity contribution in [1.29, 1.82) is 5.26 Å². The summed E-state index contributed by atoms with van der Waals surface area (Å²) >= 11 is 0. The van der Waals surface area contributed by atoms with Crippen molar-refractivity contribution in [2.24, 2.45) is 11.8 Å². The van der Waals surface area contributed by atoms with E-state index in [4.69, 9.17) is 22.1 Å². The van der Waals surface area contributed by atoms with E-state index in [0.29, 0.717) is 0 Å². The lowest BCUT2D eigenvalue weighted by atomic mass is 9.97. The average Bonchev–Trinajstić information content (AvgIpc) is 2.32. The molecule has 0 saturated heterocycles. The molecule has 1 aliphatic rings. The van der Waals surface area contributed by atoms with Gasteiger partial charge < -0.3 is 0 Å². The van der Waals surface area contributed by atoms with Crippen molar-refractivity contribution in [2.75, 3.05) is 0 Å². The van der Waals surface area contributed by atoms with Gasteiger partial charge >= 0.3 is 0 Å². The van der Waals surface area contributed by atoms with Crippen molar-refractivity contribution < 1.29 is 11.0 Å². The van der Waals surface area contributed by atoms with E-state index < -0.39 is 37.5 Å². The molecule has 0 aliphatic heterocycles. The third-order valence-electron chi connectivity index (χ3n) is 1.45. The Kier molecular flexibility index (Phi) is 1.07. The van der Waals surface area contributed by atoms with Crippen LogP contribution < -0.4 is 11.3 Å². The quantitative estimate of drug-likeness (QED) is 0.478. The van der Waals surface area contributed by atoms with E-state index in [0.717, 1.165) is 0 Å². The van der Waals surface area contributed by atoms with Crippen LogP contribution in [0, 0.1) is 17.2 Å². The molecule has 11 heavy (non-hydrogen) atoms. The van der Waals surface area contributed by atoms with Crippen LogP contribution in [0.25, 0.3) is 0 Å². The number of rotatable bonds is 3. The number of hydrogen-bond acceptors (Lipinski definition) is 3. The van der Waals surface area contributed by atoms with Crippen molar-refractivity contribution in [3.05, 3.63) is 0 Å². The second kappa shape index (κ2) is 4.32. The molecule has 3 nitrogen and oxygen atoms in total. The number of nitriles is 1. The normalized spacial score (nSPS) is 50.5. The van der Waals surface area contributed by atoms with E-state index in [1.165, 1.54) is 0 Å². The van der Waals surface area contributed by atoms with Crippen LogP contribution in [0.3, 0.4) is 0 Å². The summed E-state index contributed by atoms with van der Waals surface area (Å²) in [5, 5.41) is 8.65. The van der Waals surface area contributed by atoms with E-state index in [1.807, 2.05) is 0 Å². The van der Waals surface area contributed by atoms with Gasteiger partial charge in [0.15, 0.2) is 0 Å². The summed E-state index contributed by atoms with van der Waals surface area (Å²) in [5.41, 5.74) is 2.10. The minimum atomic E-state index is -3.04. The third kappa shape index (κ3) is 2.18. The molecule has 62 valence electrons. The molecule has 1 saturated carbocycles. The zero-order valence-corrected chi connectivity index (χ0v) is 5.89. The minimum Gasteiger partial charge on any atom is -0.271 e. The zero-order chi connectivity index (χ0) is 15.3. The van der Waals surface area contributed by atoms with Crippen molar-refractivity contribution in [3.8, 4) is 6.07 Å². The number of hydrazine groups is 1. The first-order valence-corrected chi connectivity index (χ1v) is 3.22. The summed E-state index contributed by atoms with van der Waals surface area (Å²) in [5.74, 6) is 3.45. The van der Waals surface area contributed by atoms with Crippen LogP contribution in [0.1, 0.15) is 42.9 Å². The lowest BCUT2D eigenvalue weighted by Gasteiger charge is -2.18. The molecule has 0 aromatic rings. The van der Waals surface area contributed by atoms with Crippen LogP contribution in [0.2, 0.25) is 0 Å². The van der Waals surface area contributed by atoms with Crippen LogP contribution in [0.5, 0.6) is 0 Å². The van der Waals surface area contributed by atoms with Gasteiger partial charge in [-0.2, -0.15) is 5.26 Å². The molecular formula is C8H15N3. The van der Waals surface area contributed by atoms with Gasteiger partial charge in [0, 0.05) is 17.0 Å². The fraction of sp³-hybridized carbons (Fsp3) is 0.875. The third-order valence-corrected chi connectivity index (χ3v) is 1.45. The zero-order valence-electron chi connectivity index (χ0n) is 13.9. The average molecular weight is 161 g/mol. The fourth-order valence-corrected chi connectivity index (χ4v) is 0.836. The van der Waals surface area contributed by atoms with Crippen molar-refractivity contribution >= 4 is 0 Å². The Labute approximate surface area is 78.8 Å². The highest BCUT2D eigenvalue weighted by Crippen LogP contribution is 2.28. The first-order valence-electron chi connectivity index (χ1n) is 7.22. The second-order valence-electron chi connectivity index (χ2n) is 2.15. The van der Waals surface area contributed by atoms with Gasteiger partial charge in [0.25, 0.3) is 0 Å². The highest BCUT2D eigenvalue weighted by molar-refractivity contribution is 4.86. The highest BCUT2D eigenvalue weighted by atomic mass is 15.2. The summed E-state index contributed by atoms with van der Waals surface area (Å²) in [7, 11) is 0. The number of nitrogens with zero attached hydrogens (tertiary/aromatic N) is 1. The predicted molar refractivity (Wildman–Crippen MR) is 43.3 cm³/mol. The van der Waals surface area contributed by atoms with E-state index >= 15 is 0 Å². The predicted octanol–water partition coefficient (Wildman–Crippen LogP) is 0.922. The number of hydrogen-bond donors (Lipinski definition) is 2. The largest absolute Gasteiger partial charge is 0.271 e. The summed E-state index contributed by atoms with van der Waals surface area (Å²) in [6.07, 6.45) is -12.1. The van der Waals surface area contributed by atoms with E-state index in [1.54, 1.807) is 6.07 Å². The Balaban J connectivity index is 3.43. The molecule has 0 heterocycles. The Morgan fingerprint density at radius 1 is 1.73 bits per heavy atom. The molecule has 0 aromatic heterocycles. The van der Waals surface area contributed by atoms with Crippen molar-refractivity contribution in [3.63, 3.8) is 0 Å². The van der Waals surface area contributed by atoms with Gasteiger partial charge in [0.05, 0.1) is 12.5 Å². The van der Waals surface area contributed by atoms with Gasteiger partial charge in [-0.15, -0.1) is 0 Å². The molecule has 0 radical (unpaired) electrons. The molecule has 3 heteroatoms. The first-order chi connectivity index (χ1) is 8.39. The summed E-state index contributed by atoms with van der Waals surface area (Å²) in [4.78, 5) is 0. The van der Waals surface area contributed by atoms with Crippen molar-refractivity contribution in [1.82, 2.24) is 5.43 Å². The van der Waals surface area contributed by atoms with E-state index in [9.17, 15) is 0 Å². The maximum atomic E-state index is 8.65. The fourth-order valence-electron chi connectivity index (χ4n) is 0.836. The topological polar surface area (TPSA) is 61.8 Å². The Hall–Kier alpha value is -0.590. The Morgan fingerprint density at radius 3 is 2.82 bits per heavy atom. The SMILES string of the molecule is [2H]C1([2H])C([C@@H](CC#N)NN)C([2H])([2H])C([2H])([2H])C1([2H])[2H]. The summed E-state index contributed by atoms with van der Waals surface area (Å²) < 4.78 is 61.5. The second-order valence-corrected chi connectivity index (χ2v) is 2.15.